The molecule has 2 unspecified atom stereocenters. The molecule has 0 radical (unpaired) electrons. The zero-order valence-electron chi connectivity index (χ0n) is 11.7. The molecule has 3 rings (SSSR count). The van der Waals surface area contributed by atoms with E-state index in [0.717, 1.165) is 38.5 Å². The molecular weight excluding hydrogens is 240 g/mol. The van der Waals surface area contributed by atoms with E-state index in [0.29, 0.717) is 12.2 Å². The van der Waals surface area contributed by atoms with Crippen LogP contribution in [0.3, 0.4) is 0 Å². The van der Waals surface area contributed by atoms with Gasteiger partial charge in [0.2, 0.25) is 0 Å². The van der Waals surface area contributed by atoms with E-state index in [-0.39, 0.29) is 0 Å². The zero-order valence-corrected chi connectivity index (χ0v) is 11.7. The Morgan fingerprint density at radius 3 is 2.53 bits per heavy atom. The first kappa shape index (κ1) is 12.8. The van der Waals surface area contributed by atoms with Crippen LogP contribution in [0.2, 0.25) is 0 Å². The topological polar surface area (TPSA) is 28.2 Å². The Hall–Kier alpha value is -1.26. The molecule has 2 fully saturated rings. The van der Waals surface area contributed by atoms with Gasteiger partial charge in [0.15, 0.2) is 0 Å². The molecule has 4 heteroatoms. The summed E-state index contributed by atoms with van der Waals surface area (Å²) in [6.07, 6.45) is 0.935. The Morgan fingerprint density at radius 1 is 1.21 bits per heavy atom. The van der Waals surface area contributed by atoms with E-state index in [1.165, 1.54) is 5.69 Å². The molecule has 2 saturated heterocycles. The Balaban J connectivity index is 1.57. The third-order valence-electron chi connectivity index (χ3n) is 4.07. The number of ether oxygens (including phenoxy) is 2. The quantitative estimate of drug-likeness (QED) is 0.771. The summed E-state index contributed by atoms with van der Waals surface area (Å²) in [6, 6.07) is 8.26. The van der Waals surface area contributed by atoms with E-state index in [4.69, 9.17) is 9.47 Å². The van der Waals surface area contributed by atoms with Gasteiger partial charge in [0.1, 0.15) is 5.75 Å². The van der Waals surface area contributed by atoms with Crippen molar-refractivity contribution < 1.29 is 9.47 Å². The average Bonchev–Trinajstić information content (AvgIpc) is 3.15. The molecule has 2 aliphatic heterocycles. The van der Waals surface area contributed by atoms with E-state index in [2.05, 4.69) is 28.9 Å². The van der Waals surface area contributed by atoms with Crippen LogP contribution in [-0.4, -0.2) is 56.9 Å². The van der Waals surface area contributed by atoms with E-state index < -0.39 is 0 Å². The summed E-state index contributed by atoms with van der Waals surface area (Å²) in [5.74, 6) is 0.968. The Bertz CT molecular complexity index is 430. The molecule has 0 N–H and O–H groups in total. The number of rotatable bonds is 4. The normalized spacial score (nSPS) is 27.4. The largest absolute Gasteiger partial charge is 0.495 e. The minimum atomic E-state index is 0.465. The lowest BCUT2D eigenvalue weighted by molar-refractivity contribution is 0.229. The Labute approximate surface area is 114 Å². The van der Waals surface area contributed by atoms with Crippen LogP contribution in [0.4, 0.5) is 5.69 Å². The Morgan fingerprint density at radius 2 is 1.89 bits per heavy atom. The van der Waals surface area contributed by atoms with Crippen LogP contribution in [0.1, 0.15) is 6.92 Å². The molecule has 0 amide bonds. The van der Waals surface area contributed by atoms with E-state index >= 15 is 0 Å². The van der Waals surface area contributed by atoms with Crippen molar-refractivity contribution in [3.63, 3.8) is 0 Å². The van der Waals surface area contributed by atoms with Crippen molar-refractivity contribution in [3.8, 4) is 5.75 Å². The predicted molar refractivity (Wildman–Crippen MR) is 76.0 cm³/mol. The highest BCUT2D eigenvalue weighted by Crippen LogP contribution is 2.29. The van der Waals surface area contributed by atoms with Gasteiger partial charge >= 0.3 is 0 Å². The van der Waals surface area contributed by atoms with Crippen LogP contribution >= 0.6 is 0 Å². The lowest BCUT2D eigenvalue weighted by atomic mass is 10.2. The number of epoxide rings is 1. The molecule has 1 aromatic carbocycles. The fourth-order valence-electron chi connectivity index (χ4n) is 2.74. The minimum absolute atomic E-state index is 0.465. The molecule has 2 atom stereocenters. The van der Waals surface area contributed by atoms with Crippen LogP contribution in [0.15, 0.2) is 24.3 Å². The average molecular weight is 262 g/mol. The molecule has 2 heterocycles. The van der Waals surface area contributed by atoms with Crippen LogP contribution < -0.4 is 9.64 Å². The number of benzene rings is 1. The molecule has 0 aliphatic carbocycles. The summed E-state index contributed by atoms with van der Waals surface area (Å²) in [4.78, 5) is 4.91. The summed E-state index contributed by atoms with van der Waals surface area (Å²) in [6.45, 7) is 7.55. The smallest absolute Gasteiger partial charge is 0.142 e. The fraction of sp³-hybridized carbons (Fsp3) is 0.600. The van der Waals surface area contributed by atoms with Gasteiger partial charge in [0, 0.05) is 32.7 Å². The SMILES string of the molecule is COc1ccccc1N1CCN(CC2OC2C)CC1. The monoisotopic (exact) mass is 262 g/mol. The molecule has 1 aromatic rings. The highest BCUT2D eigenvalue weighted by atomic mass is 16.6. The number of nitrogens with zero attached hydrogens (tertiary/aromatic N) is 2. The molecule has 2 aliphatic rings. The van der Waals surface area contributed by atoms with Crippen molar-refractivity contribution in [2.45, 2.75) is 19.1 Å². The number of hydrogen-bond donors (Lipinski definition) is 0. The molecule has 19 heavy (non-hydrogen) atoms. The Kier molecular flexibility index (Phi) is 3.62. The fourth-order valence-corrected chi connectivity index (χ4v) is 2.74. The van der Waals surface area contributed by atoms with Gasteiger partial charge in [-0.25, -0.2) is 0 Å². The van der Waals surface area contributed by atoms with Crippen molar-refractivity contribution in [1.82, 2.24) is 4.90 Å². The molecule has 4 nitrogen and oxygen atoms in total. The molecule has 104 valence electrons. The van der Waals surface area contributed by atoms with Gasteiger partial charge in [-0.1, -0.05) is 12.1 Å². The summed E-state index contributed by atoms with van der Waals surface area (Å²) < 4.78 is 10.9. The maximum atomic E-state index is 5.49. The van der Waals surface area contributed by atoms with E-state index in [1.807, 2.05) is 12.1 Å². The summed E-state index contributed by atoms with van der Waals surface area (Å²) >= 11 is 0. The third-order valence-corrected chi connectivity index (χ3v) is 4.07. The van der Waals surface area contributed by atoms with Crippen molar-refractivity contribution in [2.75, 3.05) is 44.7 Å². The second-order valence-corrected chi connectivity index (χ2v) is 5.34. The van der Waals surface area contributed by atoms with Crippen molar-refractivity contribution >= 4 is 5.69 Å². The second-order valence-electron chi connectivity index (χ2n) is 5.34. The van der Waals surface area contributed by atoms with E-state index in [1.54, 1.807) is 7.11 Å². The molecule has 0 saturated carbocycles. The maximum absolute atomic E-state index is 5.49. The highest BCUT2D eigenvalue weighted by Gasteiger charge is 2.36. The van der Waals surface area contributed by atoms with Gasteiger partial charge in [0.05, 0.1) is 25.0 Å². The summed E-state index contributed by atoms with van der Waals surface area (Å²) in [5, 5.41) is 0. The van der Waals surface area contributed by atoms with E-state index in [9.17, 15) is 0 Å². The van der Waals surface area contributed by atoms with Crippen molar-refractivity contribution in [2.24, 2.45) is 0 Å². The number of piperazine rings is 1. The van der Waals surface area contributed by atoms with Crippen molar-refractivity contribution in [3.05, 3.63) is 24.3 Å². The number of para-hydroxylation sites is 2. The minimum Gasteiger partial charge on any atom is -0.495 e. The first-order chi connectivity index (χ1) is 9.28. The molecule has 0 bridgehead atoms. The van der Waals surface area contributed by atoms with Crippen LogP contribution in [-0.2, 0) is 4.74 Å². The van der Waals surface area contributed by atoms with Crippen LogP contribution in [0.25, 0.3) is 0 Å². The first-order valence-corrected chi connectivity index (χ1v) is 7.03. The lowest BCUT2D eigenvalue weighted by Gasteiger charge is -2.36. The number of methoxy groups -OCH3 is 1. The van der Waals surface area contributed by atoms with Crippen LogP contribution in [0.5, 0.6) is 5.75 Å². The predicted octanol–water partition coefficient (Wildman–Crippen LogP) is 1.60. The standard InChI is InChI=1S/C15H22N2O2/c1-12-15(19-12)11-16-7-9-17(10-8-16)13-5-3-4-6-14(13)18-2/h3-6,12,15H,7-11H2,1-2H3. The molecular formula is C15H22N2O2. The molecule has 0 aromatic heterocycles. The van der Waals surface area contributed by atoms with Gasteiger partial charge in [-0.3, -0.25) is 4.90 Å². The number of hydrogen-bond acceptors (Lipinski definition) is 4. The molecule has 0 spiro atoms. The van der Waals surface area contributed by atoms with Gasteiger partial charge in [0.25, 0.3) is 0 Å². The second kappa shape index (κ2) is 5.39. The first-order valence-electron chi connectivity index (χ1n) is 7.03. The van der Waals surface area contributed by atoms with Gasteiger partial charge in [-0.15, -0.1) is 0 Å². The summed E-state index contributed by atoms with van der Waals surface area (Å²) in [7, 11) is 1.74. The van der Waals surface area contributed by atoms with Crippen LogP contribution in [0, 0.1) is 0 Å². The maximum Gasteiger partial charge on any atom is 0.142 e. The van der Waals surface area contributed by atoms with Gasteiger partial charge < -0.3 is 14.4 Å². The number of anilines is 1. The lowest BCUT2D eigenvalue weighted by Crippen LogP contribution is -2.47. The van der Waals surface area contributed by atoms with Gasteiger partial charge in [-0.05, 0) is 19.1 Å². The third kappa shape index (κ3) is 2.85. The van der Waals surface area contributed by atoms with Gasteiger partial charge in [-0.2, -0.15) is 0 Å². The zero-order chi connectivity index (χ0) is 13.2. The summed E-state index contributed by atoms with van der Waals surface area (Å²) in [5.41, 5.74) is 1.21. The van der Waals surface area contributed by atoms with Crippen molar-refractivity contribution in [1.29, 1.82) is 0 Å². The highest BCUT2D eigenvalue weighted by molar-refractivity contribution is 5.58.